The normalized spacial score (nSPS) is 12.4. The second-order valence-corrected chi connectivity index (χ2v) is 4.81. The molecule has 1 atom stereocenters. The fourth-order valence-electron chi connectivity index (χ4n) is 1.29. The molecule has 0 aromatic heterocycles. The molecule has 0 fully saturated rings. The van der Waals surface area contributed by atoms with Crippen LogP contribution in [0, 0.1) is 0 Å². The maximum atomic E-state index is 10.6. The summed E-state index contributed by atoms with van der Waals surface area (Å²) in [5, 5.41) is 3.19. The Morgan fingerprint density at radius 2 is 2.06 bits per heavy atom. The molecular weight excluding hydrogens is 220 g/mol. The van der Waals surface area contributed by atoms with Crippen LogP contribution in [0.3, 0.4) is 0 Å². The van der Waals surface area contributed by atoms with Crippen molar-refractivity contribution < 1.29 is 4.79 Å². The van der Waals surface area contributed by atoms with Crippen molar-refractivity contribution in [1.29, 1.82) is 0 Å². The molecule has 3 nitrogen and oxygen atoms in total. The highest BCUT2D eigenvalue weighted by Crippen LogP contribution is 2.21. The van der Waals surface area contributed by atoms with E-state index in [-0.39, 0.29) is 5.91 Å². The van der Waals surface area contributed by atoms with Gasteiger partial charge < -0.3 is 11.1 Å². The van der Waals surface area contributed by atoms with Crippen LogP contribution in [-0.2, 0) is 4.79 Å². The van der Waals surface area contributed by atoms with Gasteiger partial charge in [0.15, 0.2) is 0 Å². The monoisotopic (exact) mass is 238 g/mol. The van der Waals surface area contributed by atoms with E-state index in [9.17, 15) is 4.79 Å². The van der Waals surface area contributed by atoms with Crippen LogP contribution in [0.5, 0.6) is 0 Å². The number of nitrogens with two attached hydrogens (primary N) is 1. The first-order valence-corrected chi connectivity index (χ1v) is 6.30. The Balaban J connectivity index is 2.48. The highest BCUT2D eigenvalue weighted by Gasteiger charge is 2.02. The third-order valence-corrected chi connectivity index (χ3v) is 3.44. The van der Waals surface area contributed by atoms with Gasteiger partial charge in [-0.25, -0.2) is 0 Å². The summed E-state index contributed by atoms with van der Waals surface area (Å²) >= 11 is 1.66. The minimum Gasteiger partial charge on any atom is -0.370 e. The number of primary amides is 1. The van der Waals surface area contributed by atoms with Crippen LogP contribution in [-0.4, -0.2) is 18.7 Å². The Bertz CT molecular complexity index is 337. The van der Waals surface area contributed by atoms with Crippen LogP contribution in [0.15, 0.2) is 29.2 Å². The fraction of sp³-hybridized carbons (Fsp3) is 0.417. The lowest BCUT2D eigenvalue weighted by Gasteiger charge is -2.10. The Hall–Kier alpha value is -1.00. The summed E-state index contributed by atoms with van der Waals surface area (Å²) < 4.78 is 0. The highest BCUT2D eigenvalue weighted by atomic mass is 32.2. The topological polar surface area (TPSA) is 55.1 Å². The smallest absolute Gasteiger partial charge is 0.218 e. The van der Waals surface area contributed by atoms with E-state index in [1.807, 2.05) is 7.05 Å². The highest BCUT2D eigenvalue weighted by molar-refractivity contribution is 7.99. The molecule has 0 aliphatic rings. The predicted molar refractivity (Wildman–Crippen MR) is 68.5 cm³/mol. The van der Waals surface area contributed by atoms with Crippen molar-refractivity contribution in [2.24, 2.45) is 5.73 Å². The van der Waals surface area contributed by atoms with E-state index in [1.165, 1.54) is 10.5 Å². The van der Waals surface area contributed by atoms with Gasteiger partial charge in [-0.2, -0.15) is 0 Å². The standard InChI is InChI=1S/C12H18N2OS/c1-9(14-2)10-3-5-11(6-4-10)16-8-7-12(13)15/h3-6,9,14H,7-8H2,1-2H3,(H2,13,15). The Morgan fingerprint density at radius 3 is 2.56 bits per heavy atom. The number of benzene rings is 1. The van der Waals surface area contributed by atoms with Gasteiger partial charge in [-0.05, 0) is 31.7 Å². The average molecular weight is 238 g/mol. The molecular formula is C12H18N2OS. The SMILES string of the molecule is CNC(C)c1ccc(SCCC(N)=O)cc1. The number of hydrogen-bond donors (Lipinski definition) is 2. The number of hydrogen-bond acceptors (Lipinski definition) is 3. The average Bonchev–Trinajstić information content (AvgIpc) is 2.28. The number of carbonyl (C=O) groups excluding carboxylic acids is 1. The van der Waals surface area contributed by atoms with E-state index >= 15 is 0 Å². The van der Waals surface area contributed by atoms with Gasteiger partial charge in [-0.1, -0.05) is 12.1 Å². The van der Waals surface area contributed by atoms with E-state index in [0.29, 0.717) is 12.5 Å². The minimum atomic E-state index is -0.243. The van der Waals surface area contributed by atoms with Crippen LogP contribution in [0.1, 0.15) is 24.9 Å². The zero-order valence-corrected chi connectivity index (χ0v) is 10.5. The number of amides is 1. The number of rotatable bonds is 6. The molecule has 3 N–H and O–H groups in total. The summed E-state index contributed by atoms with van der Waals surface area (Å²) in [5.74, 6) is 0.504. The van der Waals surface area contributed by atoms with Gasteiger partial charge in [0.05, 0.1) is 0 Å². The molecule has 1 aromatic carbocycles. The molecule has 0 saturated heterocycles. The molecule has 4 heteroatoms. The predicted octanol–water partition coefficient (Wildman–Crippen LogP) is 1.93. The van der Waals surface area contributed by atoms with Crippen LogP contribution in [0.2, 0.25) is 0 Å². The van der Waals surface area contributed by atoms with E-state index in [1.54, 1.807) is 11.8 Å². The molecule has 1 amide bonds. The van der Waals surface area contributed by atoms with Crippen molar-refractivity contribution in [2.45, 2.75) is 24.3 Å². The Morgan fingerprint density at radius 1 is 1.44 bits per heavy atom. The van der Waals surface area contributed by atoms with Crippen molar-refractivity contribution in [3.63, 3.8) is 0 Å². The lowest BCUT2D eigenvalue weighted by molar-refractivity contribution is -0.117. The maximum absolute atomic E-state index is 10.6. The molecule has 1 unspecified atom stereocenters. The van der Waals surface area contributed by atoms with E-state index in [2.05, 4.69) is 36.5 Å². The minimum absolute atomic E-state index is 0.243. The summed E-state index contributed by atoms with van der Waals surface area (Å²) in [6.45, 7) is 2.12. The number of carbonyl (C=O) groups is 1. The van der Waals surface area contributed by atoms with Gasteiger partial charge >= 0.3 is 0 Å². The summed E-state index contributed by atoms with van der Waals surface area (Å²) in [6, 6.07) is 8.73. The molecule has 1 rings (SSSR count). The van der Waals surface area contributed by atoms with Crippen molar-refractivity contribution in [3.05, 3.63) is 29.8 Å². The van der Waals surface area contributed by atoms with Gasteiger partial charge in [0, 0.05) is 23.1 Å². The maximum Gasteiger partial charge on any atom is 0.218 e. The van der Waals surface area contributed by atoms with Crippen LogP contribution >= 0.6 is 11.8 Å². The number of nitrogens with one attached hydrogen (secondary N) is 1. The van der Waals surface area contributed by atoms with Crippen LogP contribution in [0.25, 0.3) is 0 Å². The van der Waals surface area contributed by atoms with E-state index < -0.39 is 0 Å². The third-order valence-electron chi connectivity index (χ3n) is 2.43. The molecule has 0 aliphatic carbocycles. The molecule has 0 saturated carbocycles. The molecule has 1 aromatic rings. The zero-order valence-electron chi connectivity index (χ0n) is 9.69. The van der Waals surface area contributed by atoms with Crippen molar-refractivity contribution in [1.82, 2.24) is 5.32 Å². The molecule has 88 valence electrons. The van der Waals surface area contributed by atoms with Gasteiger partial charge in [-0.15, -0.1) is 11.8 Å². The third kappa shape index (κ3) is 4.24. The van der Waals surface area contributed by atoms with Crippen LogP contribution < -0.4 is 11.1 Å². The first-order valence-electron chi connectivity index (χ1n) is 5.32. The quantitative estimate of drug-likeness (QED) is 0.745. The summed E-state index contributed by atoms with van der Waals surface area (Å²) in [6.07, 6.45) is 0.430. The molecule has 0 bridgehead atoms. The molecule has 16 heavy (non-hydrogen) atoms. The van der Waals surface area contributed by atoms with E-state index in [0.717, 1.165) is 5.75 Å². The zero-order chi connectivity index (χ0) is 12.0. The van der Waals surface area contributed by atoms with Crippen LogP contribution in [0.4, 0.5) is 0 Å². The largest absolute Gasteiger partial charge is 0.370 e. The van der Waals surface area contributed by atoms with Gasteiger partial charge in [0.1, 0.15) is 0 Å². The molecule has 0 heterocycles. The molecule has 0 spiro atoms. The Kier molecular flexibility index (Phi) is 5.35. The second kappa shape index (κ2) is 6.55. The van der Waals surface area contributed by atoms with Crippen molar-refractivity contribution in [3.8, 4) is 0 Å². The second-order valence-electron chi connectivity index (χ2n) is 3.64. The van der Waals surface area contributed by atoms with Gasteiger partial charge in [0.25, 0.3) is 0 Å². The van der Waals surface area contributed by atoms with Crippen molar-refractivity contribution >= 4 is 17.7 Å². The summed E-state index contributed by atoms with van der Waals surface area (Å²) in [4.78, 5) is 11.7. The molecule has 0 radical (unpaired) electrons. The molecule has 0 aliphatic heterocycles. The number of thioether (sulfide) groups is 1. The first-order chi connectivity index (χ1) is 7.63. The lowest BCUT2D eigenvalue weighted by Crippen LogP contribution is -2.12. The van der Waals surface area contributed by atoms with Gasteiger partial charge in [-0.3, -0.25) is 4.79 Å². The summed E-state index contributed by atoms with van der Waals surface area (Å²) in [7, 11) is 1.94. The lowest BCUT2D eigenvalue weighted by atomic mass is 10.1. The first kappa shape index (κ1) is 13.1. The summed E-state index contributed by atoms with van der Waals surface area (Å²) in [5.41, 5.74) is 6.34. The Labute approximate surface area is 101 Å². The van der Waals surface area contributed by atoms with E-state index in [4.69, 9.17) is 5.73 Å². The van der Waals surface area contributed by atoms with Gasteiger partial charge in [0.2, 0.25) is 5.91 Å². The fourth-order valence-corrected chi connectivity index (χ4v) is 2.16. The van der Waals surface area contributed by atoms with Crippen molar-refractivity contribution in [2.75, 3.05) is 12.8 Å².